The van der Waals surface area contributed by atoms with Crippen molar-refractivity contribution < 1.29 is 18.1 Å². The molecule has 8 nitrogen and oxygen atoms in total. The lowest BCUT2D eigenvalue weighted by atomic mass is 9.93. The highest BCUT2D eigenvalue weighted by atomic mass is 32.2. The number of hydrogen-bond donors (Lipinski definition) is 0. The van der Waals surface area contributed by atoms with Crippen molar-refractivity contribution in [3.8, 4) is 0 Å². The molecule has 154 valence electrons. The van der Waals surface area contributed by atoms with Crippen molar-refractivity contribution in [2.24, 2.45) is 11.8 Å². The SMILES string of the molecule is Cc1ccc([N+](=O)[O-])cc1S(=O)(=O)N1CCC(C(=O)N2CCC(C)CC2)CC1. The van der Waals surface area contributed by atoms with Gasteiger partial charge in [0.15, 0.2) is 0 Å². The molecule has 0 unspecified atom stereocenters. The van der Waals surface area contributed by atoms with Crippen LogP contribution >= 0.6 is 0 Å². The number of nitrogens with zero attached hydrogens (tertiary/aromatic N) is 3. The molecule has 1 aromatic carbocycles. The predicted octanol–water partition coefficient (Wildman–Crippen LogP) is 2.56. The van der Waals surface area contributed by atoms with Gasteiger partial charge in [-0.1, -0.05) is 13.0 Å². The summed E-state index contributed by atoms with van der Waals surface area (Å²) in [6.45, 7) is 5.90. The molecule has 2 aliphatic rings. The van der Waals surface area contributed by atoms with Crippen LogP contribution in [0, 0.1) is 28.9 Å². The van der Waals surface area contributed by atoms with Crippen molar-refractivity contribution in [1.29, 1.82) is 0 Å². The fourth-order valence-corrected chi connectivity index (χ4v) is 5.66. The lowest BCUT2D eigenvalue weighted by Crippen LogP contribution is -2.46. The molecular formula is C19H27N3O5S. The van der Waals surface area contributed by atoms with E-state index in [4.69, 9.17) is 0 Å². The fourth-order valence-electron chi connectivity index (χ4n) is 3.95. The van der Waals surface area contributed by atoms with Gasteiger partial charge in [-0.15, -0.1) is 0 Å². The number of nitro benzene ring substituents is 1. The van der Waals surface area contributed by atoms with Crippen LogP contribution in [0.2, 0.25) is 0 Å². The summed E-state index contributed by atoms with van der Waals surface area (Å²) in [5, 5.41) is 11.0. The fraction of sp³-hybridized carbons (Fsp3) is 0.632. The summed E-state index contributed by atoms with van der Waals surface area (Å²) < 4.78 is 27.4. The van der Waals surface area contributed by atoms with Crippen LogP contribution in [0.5, 0.6) is 0 Å². The van der Waals surface area contributed by atoms with E-state index in [2.05, 4.69) is 6.92 Å². The molecule has 3 rings (SSSR count). The van der Waals surface area contributed by atoms with Crippen molar-refractivity contribution in [1.82, 2.24) is 9.21 Å². The zero-order valence-corrected chi connectivity index (χ0v) is 17.2. The van der Waals surface area contributed by atoms with Gasteiger partial charge < -0.3 is 4.90 Å². The van der Waals surface area contributed by atoms with Gasteiger partial charge >= 0.3 is 0 Å². The Hall–Kier alpha value is -2.00. The maximum atomic E-state index is 13.0. The molecule has 2 saturated heterocycles. The summed E-state index contributed by atoms with van der Waals surface area (Å²) in [6, 6.07) is 3.88. The third-order valence-electron chi connectivity index (χ3n) is 5.90. The van der Waals surface area contributed by atoms with Crippen molar-refractivity contribution in [3.63, 3.8) is 0 Å². The summed E-state index contributed by atoms with van der Waals surface area (Å²) in [5.41, 5.74) is 0.236. The molecule has 0 saturated carbocycles. The maximum Gasteiger partial charge on any atom is 0.270 e. The molecule has 0 N–H and O–H groups in total. The number of non-ortho nitro benzene ring substituents is 1. The second-order valence-corrected chi connectivity index (χ2v) is 9.80. The third kappa shape index (κ3) is 4.20. The lowest BCUT2D eigenvalue weighted by molar-refractivity contribution is -0.385. The summed E-state index contributed by atoms with van der Waals surface area (Å²) >= 11 is 0. The highest BCUT2D eigenvalue weighted by Gasteiger charge is 2.35. The van der Waals surface area contributed by atoms with Gasteiger partial charge in [-0.3, -0.25) is 14.9 Å². The van der Waals surface area contributed by atoms with E-state index in [0.717, 1.165) is 32.0 Å². The summed E-state index contributed by atoms with van der Waals surface area (Å²) in [4.78, 5) is 25.0. The average Bonchev–Trinajstić information content (AvgIpc) is 2.68. The molecule has 9 heteroatoms. The zero-order chi connectivity index (χ0) is 20.5. The smallest absolute Gasteiger partial charge is 0.270 e. The van der Waals surface area contributed by atoms with Gasteiger partial charge in [0.05, 0.1) is 9.82 Å². The molecule has 1 amide bonds. The van der Waals surface area contributed by atoms with Gasteiger partial charge in [-0.2, -0.15) is 4.31 Å². The summed E-state index contributed by atoms with van der Waals surface area (Å²) in [7, 11) is -3.83. The first-order valence-electron chi connectivity index (χ1n) is 9.74. The van der Waals surface area contributed by atoms with E-state index < -0.39 is 14.9 Å². The molecule has 2 aliphatic heterocycles. The van der Waals surface area contributed by atoms with E-state index in [1.807, 2.05) is 4.90 Å². The standard InChI is InChI=1S/C19H27N3O5S/c1-14-5-9-20(10-6-14)19(23)16-7-11-21(12-8-16)28(26,27)18-13-17(22(24)25)4-3-15(18)2/h3-4,13-14,16H,5-12H2,1-2H3. The number of nitro groups is 1. The number of rotatable bonds is 4. The van der Waals surface area contributed by atoms with Crippen LogP contribution in [0.3, 0.4) is 0 Å². The molecule has 0 aromatic heterocycles. The number of sulfonamides is 1. The number of amides is 1. The number of hydrogen-bond acceptors (Lipinski definition) is 5. The largest absolute Gasteiger partial charge is 0.342 e. The van der Waals surface area contributed by atoms with Gasteiger partial charge in [0.1, 0.15) is 0 Å². The van der Waals surface area contributed by atoms with Crippen LogP contribution in [0.4, 0.5) is 5.69 Å². The molecule has 1 aromatic rings. The molecule has 2 heterocycles. The second kappa shape index (κ2) is 8.16. The van der Waals surface area contributed by atoms with E-state index >= 15 is 0 Å². The van der Waals surface area contributed by atoms with Crippen LogP contribution in [0.15, 0.2) is 23.1 Å². The van der Waals surface area contributed by atoms with Crippen LogP contribution in [0.1, 0.15) is 38.2 Å². The predicted molar refractivity (Wildman–Crippen MR) is 104 cm³/mol. The van der Waals surface area contributed by atoms with Crippen molar-refractivity contribution in [2.45, 2.75) is 44.4 Å². The van der Waals surface area contributed by atoms with Crippen LogP contribution in [-0.4, -0.2) is 54.6 Å². The number of aryl methyl sites for hydroxylation is 1. The Kier molecular flexibility index (Phi) is 6.04. The minimum atomic E-state index is -3.83. The van der Waals surface area contributed by atoms with E-state index in [1.54, 1.807) is 6.92 Å². The minimum absolute atomic E-state index is 0.0310. The normalized spacial score (nSPS) is 20.3. The third-order valence-corrected chi connectivity index (χ3v) is 7.94. The first-order chi connectivity index (χ1) is 13.2. The average molecular weight is 410 g/mol. The highest BCUT2D eigenvalue weighted by Crippen LogP contribution is 2.29. The Morgan fingerprint density at radius 3 is 2.29 bits per heavy atom. The van der Waals surface area contributed by atoms with Crippen molar-refractivity contribution in [3.05, 3.63) is 33.9 Å². The Labute approximate surface area is 165 Å². The van der Waals surface area contributed by atoms with Crippen molar-refractivity contribution >= 4 is 21.6 Å². The first kappa shape index (κ1) is 20.7. The topological polar surface area (TPSA) is 101 Å². The molecular weight excluding hydrogens is 382 g/mol. The first-order valence-corrected chi connectivity index (χ1v) is 11.2. The maximum absolute atomic E-state index is 13.0. The zero-order valence-electron chi connectivity index (χ0n) is 16.3. The summed E-state index contributed by atoms with van der Waals surface area (Å²) in [5.74, 6) is 0.635. The summed E-state index contributed by atoms with van der Waals surface area (Å²) in [6.07, 6.45) is 3.01. The van der Waals surface area contributed by atoms with Crippen LogP contribution < -0.4 is 0 Å². The van der Waals surface area contributed by atoms with E-state index in [1.165, 1.54) is 16.4 Å². The molecule has 0 spiro atoms. The van der Waals surface area contributed by atoms with Gasteiger partial charge in [-0.25, -0.2) is 8.42 Å². The number of carbonyl (C=O) groups is 1. The van der Waals surface area contributed by atoms with E-state index in [9.17, 15) is 23.3 Å². The number of likely N-dealkylation sites (tertiary alicyclic amines) is 1. The number of piperidine rings is 2. The molecule has 2 fully saturated rings. The molecule has 28 heavy (non-hydrogen) atoms. The lowest BCUT2D eigenvalue weighted by Gasteiger charge is -2.36. The van der Waals surface area contributed by atoms with Gasteiger partial charge in [0.2, 0.25) is 15.9 Å². The minimum Gasteiger partial charge on any atom is -0.342 e. The second-order valence-electron chi connectivity index (χ2n) is 7.89. The van der Waals surface area contributed by atoms with Gasteiger partial charge in [-0.05, 0) is 44.1 Å². The Balaban J connectivity index is 1.68. The number of carbonyl (C=O) groups excluding carboxylic acids is 1. The van der Waals surface area contributed by atoms with E-state index in [0.29, 0.717) is 24.3 Å². The molecule has 0 atom stereocenters. The highest BCUT2D eigenvalue weighted by molar-refractivity contribution is 7.89. The quantitative estimate of drug-likeness (QED) is 0.562. The molecule has 0 bridgehead atoms. The van der Waals surface area contributed by atoms with Gasteiger partial charge in [0.25, 0.3) is 5.69 Å². The molecule has 0 aliphatic carbocycles. The molecule has 0 radical (unpaired) electrons. The monoisotopic (exact) mass is 409 g/mol. The van der Waals surface area contributed by atoms with Crippen molar-refractivity contribution in [2.75, 3.05) is 26.2 Å². The van der Waals surface area contributed by atoms with Crippen LogP contribution in [0.25, 0.3) is 0 Å². The number of benzene rings is 1. The Bertz CT molecular complexity index is 854. The van der Waals surface area contributed by atoms with Gasteiger partial charge in [0, 0.05) is 44.2 Å². The van der Waals surface area contributed by atoms with E-state index in [-0.39, 0.29) is 35.5 Å². The Morgan fingerprint density at radius 1 is 1.11 bits per heavy atom. The Morgan fingerprint density at radius 2 is 1.71 bits per heavy atom. The van der Waals surface area contributed by atoms with Crippen LogP contribution in [-0.2, 0) is 14.8 Å².